The monoisotopic (exact) mass is 447 g/mol. The molecule has 0 saturated heterocycles. The van der Waals surface area contributed by atoms with E-state index in [1.54, 1.807) is 32.6 Å². The summed E-state index contributed by atoms with van der Waals surface area (Å²) in [7, 11) is 0. The van der Waals surface area contributed by atoms with Gasteiger partial charge in [-0.2, -0.15) is 0 Å². The van der Waals surface area contributed by atoms with Crippen molar-refractivity contribution in [2.75, 3.05) is 6.54 Å². The summed E-state index contributed by atoms with van der Waals surface area (Å²) < 4.78 is 5.29. The smallest absolute Gasteiger partial charge is 0.408 e. The van der Waals surface area contributed by atoms with Gasteiger partial charge in [0.2, 0.25) is 11.8 Å². The highest BCUT2D eigenvalue weighted by Gasteiger charge is 2.36. The first kappa shape index (κ1) is 27.5. The van der Waals surface area contributed by atoms with Crippen molar-refractivity contribution in [2.24, 2.45) is 0 Å². The van der Waals surface area contributed by atoms with Crippen molar-refractivity contribution >= 4 is 17.9 Å². The lowest BCUT2D eigenvalue weighted by atomic mass is 9.94. The van der Waals surface area contributed by atoms with Crippen molar-refractivity contribution < 1.29 is 19.1 Å². The zero-order valence-corrected chi connectivity index (χ0v) is 21.4. The normalized spacial score (nSPS) is 13.7. The lowest BCUT2D eigenvalue weighted by Gasteiger charge is -2.36. The molecule has 1 aromatic carbocycles. The topological polar surface area (TPSA) is 87.7 Å². The highest BCUT2D eigenvalue weighted by atomic mass is 16.6. The third-order valence-electron chi connectivity index (χ3n) is 4.85. The van der Waals surface area contributed by atoms with Crippen molar-refractivity contribution in [3.8, 4) is 0 Å². The number of carbonyl (C=O) groups is 3. The number of hydrogen-bond donors (Lipinski definition) is 2. The Morgan fingerprint density at radius 2 is 1.66 bits per heavy atom. The molecular formula is C25H41N3O4. The first-order valence-electron chi connectivity index (χ1n) is 11.3. The van der Waals surface area contributed by atoms with Gasteiger partial charge in [-0.3, -0.25) is 9.59 Å². The van der Waals surface area contributed by atoms with Gasteiger partial charge in [0.05, 0.1) is 0 Å². The molecule has 0 aliphatic heterocycles. The summed E-state index contributed by atoms with van der Waals surface area (Å²) in [4.78, 5) is 40.7. The summed E-state index contributed by atoms with van der Waals surface area (Å²) >= 11 is 0. The molecule has 7 nitrogen and oxygen atoms in total. The van der Waals surface area contributed by atoms with Gasteiger partial charge in [-0.25, -0.2) is 4.79 Å². The SMILES string of the molecule is CCCN(C(=O)C(C)NC(=O)OC(C)(C)C)C(C(=O)NC(C)(C)C)c1cccc(C)c1C. The average Bonchev–Trinajstić information content (AvgIpc) is 2.60. The molecule has 0 bridgehead atoms. The molecule has 0 aromatic heterocycles. The van der Waals surface area contributed by atoms with Crippen LogP contribution in [0.1, 0.15) is 84.5 Å². The minimum absolute atomic E-state index is 0.252. The van der Waals surface area contributed by atoms with Gasteiger partial charge >= 0.3 is 6.09 Å². The summed E-state index contributed by atoms with van der Waals surface area (Å²) in [6, 6.07) is 4.09. The summed E-state index contributed by atoms with van der Waals surface area (Å²) in [5.74, 6) is -0.592. The molecule has 0 spiro atoms. The third kappa shape index (κ3) is 8.17. The number of rotatable bonds is 7. The number of amides is 3. The number of aryl methyl sites for hydroxylation is 1. The van der Waals surface area contributed by atoms with Gasteiger partial charge < -0.3 is 20.3 Å². The van der Waals surface area contributed by atoms with E-state index in [1.807, 2.05) is 59.7 Å². The van der Waals surface area contributed by atoms with E-state index in [0.29, 0.717) is 13.0 Å². The third-order valence-corrected chi connectivity index (χ3v) is 4.85. The van der Waals surface area contributed by atoms with E-state index in [0.717, 1.165) is 16.7 Å². The van der Waals surface area contributed by atoms with Crippen molar-refractivity contribution in [2.45, 2.75) is 98.9 Å². The van der Waals surface area contributed by atoms with E-state index in [4.69, 9.17) is 4.74 Å². The molecule has 2 atom stereocenters. The average molecular weight is 448 g/mol. The number of nitrogens with one attached hydrogen (secondary N) is 2. The minimum Gasteiger partial charge on any atom is -0.444 e. The van der Waals surface area contributed by atoms with Gasteiger partial charge in [0.15, 0.2) is 0 Å². The summed E-state index contributed by atoms with van der Waals surface area (Å²) in [6.45, 7) is 18.9. The van der Waals surface area contributed by atoms with Gasteiger partial charge in [0, 0.05) is 12.1 Å². The van der Waals surface area contributed by atoms with Crippen molar-refractivity contribution in [1.82, 2.24) is 15.5 Å². The van der Waals surface area contributed by atoms with E-state index in [-0.39, 0.29) is 11.8 Å². The molecule has 7 heteroatoms. The van der Waals surface area contributed by atoms with Crippen molar-refractivity contribution in [1.29, 1.82) is 0 Å². The van der Waals surface area contributed by atoms with E-state index < -0.39 is 29.3 Å². The summed E-state index contributed by atoms with van der Waals surface area (Å²) in [5.41, 5.74) is 1.64. The van der Waals surface area contributed by atoms with E-state index in [9.17, 15) is 14.4 Å². The lowest BCUT2D eigenvalue weighted by Crippen LogP contribution is -2.54. The van der Waals surface area contributed by atoms with Crippen LogP contribution in [-0.4, -0.2) is 46.5 Å². The largest absolute Gasteiger partial charge is 0.444 e. The minimum atomic E-state index is -0.855. The van der Waals surface area contributed by atoms with Crippen LogP contribution in [0.4, 0.5) is 4.79 Å². The van der Waals surface area contributed by atoms with E-state index >= 15 is 0 Å². The molecule has 180 valence electrons. The van der Waals surface area contributed by atoms with Crippen LogP contribution in [0.3, 0.4) is 0 Å². The fourth-order valence-electron chi connectivity index (χ4n) is 3.36. The van der Waals surface area contributed by atoms with Crippen LogP contribution >= 0.6 is 0 Å². The fraction of sp³-hybridized carbons (Fsp3) is 0.640. The van der Waals surface area contributed by atoms with E-state index in [1.165, 1.54) is 0 Å². The van der Waals surface area contributed by atoms with E-state index in [2.05, 4.69) is 10.6 Å². The lowest BCUT2D eigenvalue weighted by molar-refractivity contribution is -0.142. The molecule has 0 fully saturated rings. The van der Waals surface area contributed by atoms with Gasteiger partial charge in [0.25, 0.3) is 0 Å². The molecule has 0 aliphatic carbocycles. The van der Waals surface area contributed by atoms with Gasteiger partial charge in [-0.15, -0.1) is 0 Å². The van der Waals surface area contributed by atoms with Gasteiger partial charge in [-0.1, -0.05) is 25.1 Å². The van der Waals surface area contributed by atoms with Crippen LogP contribution < -0.4 is 10.6 Å². The van der Waals surface area contributed by atoms with Crippen LogP contribution in [0, 0.1) is 13.8 Å². The first-order chi connectivity index (χ1) is 14.6. The van der Waals surface area contributed by atoms with Crippen LogP contribution in [-0.2, 0) is 14.3 Å². The second-order valence-corrected chi connectivity index (χ2v) is 10.3. The Kier molecular flexibility index (Phi) is 9.30. The highest BCUT2D eigenvalue weighted by molar-refractivity contribution is 5.92. The number of nitrogens with zero attached hydrogens (tertiary/aromatic N) is 1. The quantitative estimate of drug-likeness (QED) is 0.648. The molecule has 0 radical (unpaired) electrons. The zero-order valence-electron chi connectivity index (χ0n) is 21.4. The number of benzene rings is 1. The first-order valence-corrected chi connectivity index (χ1v) is 11.3. The molecule has 2 N–H and O–H groups in total. The van der Waals surface area contributed by atoms with Crippen LogP contribution in [0.15, 0.2) is 18.2 Å². The second kappa shape index (κ2) is 10.8. The van der Waals surface area contributed by atoms with Crippen LogP contribution in [0.25, 0.3) is 0 Å². The fourth-order valence-corrected chi connectivity index (χ4v) is 3.36. The predicted octanol–water partition coefficient (Wildman–Crippen LogP) is 4.41. The molecule has 1 rings (SSSR count). The number of alkyl carbamates (subject to hydrolysis) is 1. The Morgan fingerprint density at radius 3 is 2.16 bits per heavy atom. The number of hydrogen-bond acceptors (Lipinski definition) is 4. The number of ether oxygens (including phenoxy) is 1. The Labute approximate surface area is 193 Å². The standard InChI is InChI=1S/C25H41N3O4/c1-11-15-28(22(30)18(4)26-23(31)32-25(8,9)10)20(21(29)27-24(5,6)7)19-14-12-13-16(2)17(19)3/h12-14,18,20H,11,15H2,1-10H3,(H,26,31)(H,27,29). The Balaban J connectivity index is 3.37. The van der Waals surface area contributed by atoms with Gasteiger partial charge in [0.1, 0.15) is 17.7 Å². The second-order valence-electron chi connectivity index (χ2n) is 10.3. The highest BCUT2D eigenvalue weighted by Crippen LogP contribution is 2.28. The molecule has 1 aromatic rings. The van der Waals surface area contributed by atoms with Crippen molar-refractivity contribution in [3.63, 3.8) is 0 Å². The molecular weight excluding hydrogens is 406 g/mol. The Bertz CT molecular complexity index is 821. The molecule has 2 unspecified atom stereocenters. The molecule has 0 saturated carbocycles. The molecule has 32 heavy (non-hydrogen) atoms. The Morgan fingerprint density at radius 1 is 1.06 bits per heavy atom. The van der Waals surface area contributed by atoms with Gasteiger partial charge in [-0.05, 0) is 85.4 Å². The molecule has 0 aliphatic rings. The maximum absolute atomic E-state index is 13.5. The Hall–Kier alpha value is -2.57. The van der Waals surface area contributed by atoms with Crippen LogP contribution in [0.5, 0.6) is 0 Å². The predicted molar refractivity (Wildman–Crippen MR) is 127 cm³/mol. The molecule has 3 amide bonds. The summed E-state index contributed by atoms with van der Waals surface area (Å²) in [6.07, 6.45) is -0.00747. The number of carbonyl (C=O) groups excluding carboxylic acids is 3. The summed E-state index contributed by atoms with van der Waals surface area (Å²) in [5, 5.41) is 5.63. The maximum atomic E-state index is 13.5. The van der Waals surface area contributed by atoms with Crippen LogP contribution in [0.2, 0.25) is 0 Å². The zero-order chi connectivity index (χ0) is 24.9. The van der Waals surface area contributed by atoms with Crippen molar-refractivity contribution in [3.05, 3.63) is 34.9 Å². The maximum Gasteiger partial charge on any atom is 0.408 e. The molecule has 0 heterocycles.